The second-order valence-electron chi connectivity index (χ2n) is 6.08. The number of nitrogens with zero attached hydrogens (tertiary/aromatic N) is 1. The molecule has 1 N–H and O–H groups in total. The number of esters is 1. The van der Waals surface area contributed by atoms with E-state index in [0.717, 1.165) is 23.7 Å². The van der Waals surface area contributed by atoms with Gasteiger partial charge in [0.25, 0.3) is 0 Å². The van der Waals surface area contributed by atoms with Crippen LogP contribution in [-0.4, -0.2) is 22.0 Å². The van der Waals surface area contributed by atoms with Crippen molar-refractivity contribution >= 4 is 16.9 Å². The zero-order valence-electron chi connectivity index (χ0n) is 12.9. The molecule has 2 heterocycles. The summed E-state index contributed by atoms with van der Waals surface area (Å²) < 4.78 is 5.25. The molecule has 3 rings (SSSR count). The van der Waals surface area contributed by atoms with E-state index in [4.69, 9.17) is 4.74 Å². The number of fused-ring (bicyclic) bond motifs is 3. The molecule has 0 aromatic carbocycles. The molecule has 1 unspecified atom stereocenters. The van der Waals surface area contributed by atoms with Crippen molar-refractivity contribution < 1.29 is 9.53 Å². The summed E-state index contributed by atoms with van der Waals surface area (Å²) in [5, 5.41) is 1.14. The summed E-state index contributed by atoms with van der Waals surface area (Å²) in [4.78, 5) is 19.8. The average molecular weight is 286 g/mol. The molecule has 112 valence electrons. The van der Waals surface area contributed by atoms with Gasteiger partial charge in [-0.15, -0.1) is 0 Å². The van der Waals surface area contributed by atoms with Crippen molar-refractivity contribution in [1.82, 2.24) is 9.97 Å². The van der Waals surface area contributed by atoms with Crippen molar-refractivity contribution in [3.63, 3.8) is 0 Å². The average Bonchev–Trinajstić information content (AvgIpc) is 2.84. The third-order valence-electron chi connectivity index (χ3n) is 4.24. The second kappa shape index (κ2) is 5.51. The van der Waals surface area contributed by atoms with Gasteiger partial charge in [-0.1, -0.05) is 6.92 Å². The van der Waals surface area contributed by atoms with Crippen LogP contribution in [0.25, 0.3) is 10.9 Å². The lowest BCUT2D eigenvalue weighted by Crippen LogP contribution is -2.13. The SMILES string of the molecule is CCC1CCCc2[nH]c3cnc(C(=O)OC(C)C)cc3c21. The molecule has 0 radical (unpaired) electrons. The van der Waals surface area contributed by atoms with Gasteiger partial charge in [-0.25, -0.2) is 9.78 Å². The molecule has 0 amide bonds. The van der Waals surface area contributed by atoms with E-state index in [1.165, 1.54) is 24.1 Å². The van der Waals surface area contributed by atoms with E-state index in [-0.39, 0.29) is 12.1 Å². The van der Waals surface area contributed by atoms with Crippen molar-refractivity contribution in [2.24, 2.45) is 0 Å². The highest BCUT2D eigenvalue weighted by Gasteiger charge is 2.24. The van der Waals surface area contributed by atoms with Gasteiger partial charge in [0.05, 0.1) is 17.8 Å². The van der Waals surface area contributed by atoms with Crippen LogP contribution < -0.4 is 0 Å². The second-order valence-corrected chi connectivity index (χ2v) is 6.08. The number of pyridine rings is 1. The van der Waals surface area contributed by atoms with E-state index in [1.807, 2.05) is 19.9 Å². The van der Waals surface area contributed by atoms with Crippen molar-refractivity contribution in [2.75, 3.05) is 0 Å². The summed E-state index contributed by atoms with van der Waals surface area (Å²) >= 11 is 0. The molecular formula is C17H22N2O2. The Balaban J connectivity index is 2.06. The van der Waals surface area contributed by atoms with E-state index >= 15 is 0 Å². The number of rotatable bonds is 3. The molecule has 4 nitrogen and oxygen atoms in total. The van der Waals surface area contributed by atoms with Crippen LogP contribution in [0.2, 0.25) is 0 Å². The van der Waals surface area contributed by atoms with Crippen LogP contribution in [-0.2, 0) is 11.2 Å². The first-order chi connectivity index (χ1) is 10.1. The van der Waals surface area contributed by atoms with Crippen LogP contribution in [0.3, 0.4) is 0 Å². The number of nitrogens with one attached hydrogen (secondary N) is 1. The molecule has 4 heteroatoms. The molecule has 1 aliphatic rings. The van der Waals surface area contributed by atoms with E-state index in [9.17, 15) is 4.79 Å². The standard InChI is InChI=1S/C17H22N2O2/c1-4-11-6-5-7-13-16(11)12-8-14(17(20)21-10(2)3)18-9-15(12)19-13/h8-11,19H,4-7H2,1-3H3. The number of hydrogen-bond donors (Lipinski definition) is 1. The fraction of sp³-hybridized carbons (Fsp3) is 0.529. The summed E-state index contributed by atoms with van der Waals surface area (Å²) in [5.74, 6) is 0.240. The zero-order chi connectivity index (χ0) is 15.0. The van der Waals surface area contributed by atoms with Crippen molar-refractivity contribution in [3.8, 4) is 0 Å². The Kier molecular flexibility index (Phi) is 3.70. The van der Waals surface area contributed by atoms with Crippen molar-refractivity contribution in [1.29, 1.82) is 0 Å². The smallest absolute Gasteiger partial charge is 0.357 e. The topological polar surface area (TPSA) is 55.0 Å². The number of aromatic amines is 1. The predicted octanol–water partition coefficient (Wildman–Crippen LogP) is 3.96. The number of carbonyl (C=O) groups is 1. The van der Waals surface area contributed by atoms with Crippen LogP contribution in [0.1, 0.15) is 67.7 Å². The molecule has 1 aliphatic carbocycles. The predicted molar refractivity (Wildman–Crippen MR) is 82.6 cm³/mol. The Morgan fingerprint density at radius 2 is 2.33 bits per heavy atom. The first kappa shape index (κ1) is 14.1. The van der Waals surface area contributed by atoms with Crippen LogP contribution >= 0.6 is 0 Å². The number of carbonyl (C=O) groups excluding carboxylic acids is 1. The van der Waals surface area contributed by atoms with Gasteiger partial charge in [-0.2, -0.15) is 0 Å². The summed E-state index contributed by atoms with van der Waals surface area (Å²) in [6.45, 7) is 5.93. The summed E-state index contributed by atoms with van der Waals surface area (Å²) in [6, 6.07) is 1.89. The molecule has 2 aromatic heterocycles. The van der Waals surface area contributed by atoms with E-state index in [0.29, 0.717) is 11.6 Å². The Morgan fingerprint density at radius 1 is 1.52 bits per heavy atom. The highest BCUT2D eigenvalue weighted by atomic mass is 16.5. The molecule has 0 saturated heterocycles. The Labute approximate surface area is 124 Å². The summed E-state index contributed by atoms with van der Waals surface area (Å²) in [7, 11) is 0. The lowest BCUT2D eigenvalue weighted by molar-refractivity contribution is 0.0371. The molecule has 0 saturated carbocycles. The van der Waals surface area contributed by atoms with Gasteiger partial charge in [0.2, 0.25) is 0 Å². The molecule has 0 spiro atoms. The fourth-order valence-electron chi connectivity index (χ4n) is 3.30. The Morgan fingerprint density at radius 3 is 3.05 bits per heavy atom. The third-order valence-corrected chi connectivity index (χ3v) is 4.24. The van der Waals surface area contributed by atoms with Gasteiger partial charge in [0.1, 0.15) is 5.69 Å². The maximum absolute atomic E-state index is 12.0. The molecule has 1 atom stereocenters. The van der Waals surface area contributed by atoms with Gasteiger partial charge in [-0.05, 0) is 57.1 Å². The van der Waals surface area contributed by atoms with Gasteiger partial charge in [0, 0.05) is 11.1 Å². The van der Waals surface area contributed by atoms with E-state index in [1.54, 1.807) is 6.20 Å². The number of hydrogen-bond acceptors (Lipinski definition) is 3. The fourth-order valence-corrected chi connectivity index (χ4v) is 3.30. The first-order valence-corrected chi connectivity index (χ1v) is 7.81. The molecule has 0 aliphatic heterocycles. The minimum absolute atomic E-state index is 0.126. The maximum Gasteiger partial charge on any atom is 0.357 e. The highest BCUT2D eigenvalue weighted by Crippen LogP contribution is 2.38. The number of ether oxygens (including phenoxy) is 1. The van der Waals surface area contributed by atoms with E-state index in [2.05, 4.69) is 16.9 Å². The number of aromatic nitrogens is 2. The van der Waals surface area contributed by atoms with Gasteiger partial charge in [0.15, 0.2) is 0 Å². The molecule has 21 heavy (non-hydrogen) atoms. The number of aryl methyl sites for hydroxylation is 1. The molecule has 2 aromatic rings. The largest absolute Gasteiger partial charge is 0.458 e. The van der Waals surface area contributed by atoms with E-state index < -0.39 is 0 Å². The third kappa shape index (κ3) is 2.55. The Hall–Kier alpha value is -1.84. The monoisotopic (exact) mass is 286 g/mol. The first-order valence-electron chi connectivity index (χ1n) is 7.81. The van der Waals surface area contributed by atoms with Crippen LogP contribution in [0.15, 0.2) is 12.3 Å². The van der Waals surface area contributed by atoms with Gasteiger partial charge < -0.3 is 9.72 Å². The van der Waals surface area contributed by atoms with Gasteiger partial charge >= 0.3 is 5.97 Å². The Bertz CT molecular complexity index is 673. The zero-order valence-corrected chi connectivity index (χ0v) is 12.9. The lowest BCUT2D eigenvalue weighted by atomic mass is 9.83. The highest BCUT2D eigenvalue weighted by molar-refractivity contribution is 5.94. The van der Waals surface area contributed by atoms with Crippen molar-refractivity contribution in [3.05, 3.63) is 29.2 Å². The number of H-pyrrole nitrogens is 1. The minimum Gasteiger partial charge on any atom is -0.458 e. The summed E-state index contributed by atoms with van der Waals surface area (Å²) in [6.07, 6.45) is 6.31. The minimum atomic E-state index is -0.342. The normalized spacial score (nSPS) is 18.0. The van der Waals surface area contributed by atoms with Crippen LogP contribution in [0, 0.1) is 0 Å². The maximum atomic E-state index is 12.0. The van der Waals surface area contributed by atoms with Gasteiger partial charge in [-0.3, -0.25) is 0 Å². The molecular weight excluding hydrogens is 264 g/mol. The van der Waals surface area contributed by atoms with Crippen LogP contribution in [0.5, 0.6) is 0 Å². The quantitative estimate of drug-likeness (QED) is 0.869. The van der Waals surface area contributed by atoms with Crippen molar-refractivity contribution in [2.45, 2.75) is 58.5 Å². The van der Waals surface area contributed by atoms with Crippen LogP contribution in [0.4, 0.5) is 0 Å². The summed E-state index contributed by atoms with van der Waals surface area (Å²) in [5.41, 5.74) is 4.14. The molecule has 0 fully saturated rings. The molecule has 0 bridgehead atoms. The lowest BCUT2D eigenvalue weighted by Gasteiger charge is -2.21.